The Morgan fingerprint density at radius 2 is 1.93 bits per heavy atom. The zero-order valence-corrected chi connectivity index (χ0v) is 16.6. The van der Waals surface area contributed by atoms with E-state index in [4.69, 9.17) is 4.42 Å². The van der Waals surface area contributed by atoms with Crippen LogP contribution in [0, 0.1) is 6.92 Å². The van der Waals surface area contributed by atoms with Crippen molar-refractivity contribution in [1.82, 2.24) is 4.90 Å². The van der Waals surface area contributed by atoms with Crippen molar-refractivity contribution in [2.24, 2.45) is 0 Å². The van der Waals surface area contributed by atoms with Gasteiger partial charge in [-0.25, -0.2) is 5.32 Å². The molecule has 1 amide bonds. The maximum Gasteiger partial charge on any atom is 0.320 e. The van der Waals surface area contributed by atoms with Crippen molar-refractivity contribution in [3.63, 3.8) is 0 Å². The van der Waals surface area contributed by atoms with Gasteiger partial charge in [0.25, 0.3) is 16.8 Å². The lowest BCUT2D eigenvalue weighted by molar-refractivity contribution is -0.894. The molecule has 0 bridgehead atoms. The van der Waals surface area contributed by atoms with E-state index in [2.05, 4.69) is 10.6 Å². The molecule has 2 aromatic heterocycles. The van der Waals surface area contributed by atoms with Crippen LogP contribution in [0.2, 0.25) is 0 Å². The van der Waals surface area contributed by atoms with E-state index >= 15 is 0 Å². The minimum absolute atomic E-state index is 0.00528. The van der Waals surface area contributed by atoms with Crippen LogP contribution in [-0.2, 0) is 0 Å². The third kappa shape index (κ3) is 3.71. The van der Waals surface area contributed by atoms with Gasteiger partial charge in [-0.3, -0.25) is 14.4 Å². The van der Waals surface area contributed by atoms with Crippen LogP contribution in [0.3, 0.4) is 0 Å². The second kappa shape index (κ2) is 7.78. The Bertz CT molecular complexity index is 1120. The molecule has 3 rings (SSSR count). The molecule has 0 aliphatic carbocycles. The van der Waals surface area contributed by atoms with Crippen LogP contribution in [0.1, 0.15) is 41.2 Å². The second-order valence-corrected chi connectivity index (χ2v) is 6.97. The average Bonchev–Trinajstić information content (AvgIpc) is 3.13. The van der Waals surface area contributed by atoms with Gasteiger partial charge in [0.05, 0.1) is 12.3 Å². The minimum Gasteiger partial charge on any atom is -0.467 e. The summed E-state index contributed by atoms with van der Waals surface area (Å²) in [5, 5.41) is 16.2. The first-order chi connectivity index (χ1) is 13.7. The summed E-state index contributed by atoms with van der Waals surface area (Å²) >= 11 is 0. The first-order valence-corrected chi connectivity index (χ1v) is 9.12. The van der Waals surface area contributed by atoms with E-state index in [0.29, 0.717) is 16.9 Å². The van der Waals surface area contributed by atoms with Crippen LogP contribution in [0.15, 0.2) is 44.5 Å². The molecule has 3 aromatic rings. The number of nitrogens with one attached hydrogen (secondary N) is 2. The summed E-state index contributed by atoms with van der Waals surface area (Å²) in [5.41, 5.74) is -0.270. The van der Waals surface area contributed by atoms with Crippen LogP contribution in [0.5, 0.6) is 0 Å². The number of furan rings is 1. The average molecular weight is 399 g/mol. The van der Waals surface area contributed by atoms with Crippen LogP contribution in [0.4, 0.5) is 17.2 Å². The molecule has 0 aliphatic rings. The van der Waals surface area contributed by atoms with Gasteiger partial charge in [-0.1, -0.05) is 6.92 Å². The van der Waals surface area contributed by atoms with Gasteiger partial charge in [0.15, 0.2) is 0 Å². The van der Waals surface area contributed by atoms with Crippen molar-refractivity contribution >= 4 is 23.1 Å². The van der Waals surface area contributed by atoms with Crippen molar-refractivity contribution in [3.8, 4) is 0 Å². The van der Waals surface area contributed by atoms with Crippen molar-refractivity contribution in [1.29, 1.82) is 0 Å². The molecule has 29 heavy (non-hydrogen) atoms. The monoisotopic (exact) mass is 399 g/mol. The highest BCUT2D eigenvalue weighted by Gasteiger charge is 2.30. The quantitative estimate of drug-likeness (QED) is 0.315. The van der Waals surface area contributed by atoms with Crippen LogP contribution in [0.25, 0.3) is 0 Å². The number of nitrogens with zero attached hydrogens (tertiary/aromatic N) is 2. The van der Waals surface area contributed by atoms with Crippen LogP contribution >= 0.6 is 0 Å². The van der Waals surface area contributed by atoms with Crippen LogP contribution in [-0.4, -0.2) is 30.1 Å². The van der Waals surface area contributed by atoms with Crippen molar-refractivity contribution in [3.05, 3.63) is 68.0 Å². The summed E-state index contributed by atoms with van der Waals surface area (Å²) < 4.78 is 6.15. The Morgan fingerprint density at radius 3 is 2.52 bits per heavy atom. The number of carbonyl (C=O) groups excluding carboxylic acids is 1. The molecule has 0 aliphatic heterocycles. The number of carbonyl (C=O) groups is 1. The molecule has 0 saturated carbocycles. The standard InChI is InChI=1S/C20H22N4O5/c1-5-12(14-9-11(2)10-29-14)21-16-17(19(26)18(16)25)22-15-8-6-7-13(24(15)28)20(27)23(3)4/h6-10,12,28H,5H2,1-4H3,(H,21,26,27)/p+1/t12-/m1/s1. The van der Waals surface area contributed by atoms with Crippen LogP contribution < -0.4 is 26.2 Å². The van der Waals surface area contributed by atoms with E-state index in [-0.39, 0.29) is 28.9 Å². The molecule has 1 atom stereocenters. The summed E-state index contributed by atoms with van der Waals surface area (Å²) in [7, 11) is 3.12. The molecule has 3 N–H and O–H groups in total. The summed E-state index contributed by atoms with van der Waals surface area (Å²) in [5.74, 6) is 0.313. The normalized spacial score (nSPS) is 12.0. The predicted molar refractivity (Wildman–Crippen MR) is 107 cm³/mol. The molecule has 152 valence electrons. The highest BCUT2D eigenvalue weighted by Crippen LogP contribution is 2.27. The molecular formula is C20H23N4O5+. The third-order valence-corrected chi connectivity index (χ3v) is 4.57. The second-order valence-electron chi connectivity index (χ2n) is 6.97. The van der Waals surface area contributed by atoms with E-state index in [1.165, 1.54) is 17.0 Å². The van der Waals surface area contributed by atoms with Gasteiger partial charge in [-0.2, -0.15) is 0 Å². The number of pyridine rings is 1. The Labute approximate surface area is 166 Å². The lowest BCUT2D eigenvalue weighted by Gasteiger charge is -2.18. The molecular weight excluding hydrogens is 376 g/mol. The Morgan fingerprint density at radius 1 is 1.24 bits per heavy atom. The number of aryl methyl sites for hydroxylation is 1. The first-order valence-electron chi connectivity index (χ1n) is 9.12. The largest absolute Gasteiger partial charge is 0.467 e. The molecule has 0 saturated heterocycles. The maximum absolute atomic E-state index is 12.2. The number of hydrogen-bond donors (Lipinski definition) is 3. The number of anilines is 3. The summed E-state index contributed by atoms with van der Waals surface area (Å²) in [4.78, 5) is 37.7. The van der Waals surface area contributed by atoms with Crippen molar-refractivity contribution in [2.45, 2.75) is 26.3 Å². The van der Waals surface area contributed by atoms with E-state index in [9.17, 15) is 19.6 Å². The third-order valence-electron chi connectivity index (χ3n) is 4.57. The summed E-state index contributed by atoms with van der Waals surface area (Å²) in [6.07, 6.45) is 2.24. The zero-order chi connectivity index (χ0) is 21.3. The minimum atomic E-state index is -0.706. The molecule has 2 heterocycles. The summed E-state index contributed by atoms with van der Waals surface area (Å²) in [6.45, 7) is 3.82. The fourth-order valence-corrected chi connectivity index (χ4v) is 2.95. The van der Waals surface area contributed by atoms with Gasteiger partial charge < -0.3 is 19.8 Å². The fourth-order valence-electron chi connectivity index (χ4n) is 2.95. The Balaban J connectivity index is 1.90. The van der Waals surface area contributed by atoms with Gasteiger partial charge in [-0.05, 0) is 41.8 Å². The topological polar surface area (TPSA) is 116 Å². The fraction of sp³-hybridized carbons (Fsp3) is 0.300. The maximum atomic E-state index is 12.2. The highest BCUT2D eigenvalue weighted by atomic mass is 16.5. The molecule has 1 aromatic carbocycles. The number of aromatic nitrogens is 1. The van der Waals surface area contributed by atoms with E-state index in [0.717, 1.165) is 5.56 Å². The Kier molecular flexibility index (Phi) is 5.40. The number of hydrogen-bond acceptors (Lipinski definition) is 7. The first kappa shape index (κ1) is 20.1. The summed E-state index contributed by atoms with van der Waals surface area (Å²) in [6, 6.07) is 6.06. The Hall–Kier alpha value is -3.62. The number of amides is 1. The molecule has 9 heteroatoms. The molecule has 0 fully saturated rings. The van der Waals surface area contributed by atoms with E-state index in [1.54, 1.807) is 26.4 Å². The lowest BCUT2D eigenvalue weighted by Crippen LogP contribution is -2.45. The van der Waals surface area contributed by atoms with Gasteiger partial charge in [-0.15, -0.1) is 0 Å². The van der Waals surface area contributed by atoms with Gasteiger partial charge in [0.2, 0.25) is 11.4 Å². The van der Waals surface area contributed by atoms with Gasteiger partial charge in [0.1, 0.15) is 11.4 Å². The van der Waals surface area contributed by atoms with Gasteiger partial charge >= 0.3 is 5.82 Å². The van der Waals surface area contributed by atoms with Gasteiger partial charge in [0, 0.05) is 20.2 Å². The van der Waals surface area contributed by atoms with E-state index < -0.39 is 16.8 Å². The molecule has 9 nitrogen and oxygen atoms in total. The van der Waals surface area contributed by atoms with Crippen molar-refractivity contribution < 1.29 is 19.1 Å². The molecule has 0 radical (unpaired) electrons. The number of rotatable bonds is 7. The zero-order valence-electron chi connectivity index (χ0n) is 16.6. The van der Waals surface area contributed by atoms with Crippen molar-refractivity contribution in [2.75, 3.05) is 24.7 Å². The van der Waals surface area contributed by atoms with E-state index in [1.807, 2.05) is 19.9 Å². The highest BCUT2D eigenvalue weighted by molar-refractivity contribution is 5.90. The smallest absolute Gasteiger partial charge is 0.320 e. The molecule has 0 spiro atoms. The SMILES string of the molecule is CC[C@@H](Nc1c(Nc2cccc(C(=O)N(C)C)[n+]2O)c(=O)c1=O)c1cc(C)co1. The molecule has 0 unspecified atom stereocenters. The predicted octanol–water partition coefficient (Wildman–Crippen LogP) is 1.72. The lowest BCUT2D eigenvalue weighted by atomic mass is 10.1.